The van der Waals surface area contributed by atoms with E-state index in [0.29, 0.717) is 0 Å². The van der Waals surface area contributed by atoms with Gasteiger partial charge in [0.25, 0.3) is 0 Å². The van der Waals surface area contributed by atoms with Crippen molar-refractivity contribution in [3.8, 4) is 5.88 Å². The van der Waals surface area contributed by atoms with Crippen LogP contribution in [0.2, 0.25) is 0 Å². The molecule has 2 aromatic rings. The molecular weight excluding hydrogens is 240 g/mol. The minimum absolute atomic E-state index is 0.210. The minimum Gasteiger partial charge on any atom is -0.391 e. The third kappa shape index (κ3) is 3.67. The highest BCUT2D eigenvalue weighted by atomic mass is 16.6. The van der Waals surface area contributed by atoms with Crippen LogP contribution < -0.4 is 10.5 Å². The zero-order valence-corrected chi connectivity index (χ0v) is 10.5. The number of rotatable bonds is 3. The number of aromatic nitrogens is 1. The molecule has 0 saturated carbocycles. The van der Waals surface area contributed by atoms with E-state index in [-0.39, 0.29) is 5.88 Å². The number of benzene rings is 1. The van der Waals surface area contributed by atoms with E-state index in [2.05, 4.69) is 4.98 Å². The summed E-state index contributed by atoms with van der Waals surface area (Å²) in [5.41, 5.74) is 7.77. The summed E-state index contributed by atoms with van der Waals surface area (Å²) >= 11 is 0. The Kier molecular flexibility index (Phi) is 3.93. The molecule has 19 heavy (non-hydrogen) atoms. The molecule has 0 fully saturated rings. The van der Waals surface area contributed by atoms with E-state index in [0.717, 1.165) is 16.8 Å². The van der Waals surface area contributed by atoms with Gasteiger partial charge in [-0.2, -0.15) is 0 Å². The molecule has 0 spiro atoms. The second kappa shape index (κ2) is 5.82. The number of ether oxygens (including phenoxy) is 1. The van der Waals surface area contributed by atoms with Crippen molar-refractivity contribution in [2.75, 3.05) is 0 Å². The number of primary amides is 1. The zero-order valence-electron chi connectivity index (χ0n) is 10.5. The number of nitrogens with zero attached hydrogens (tertiary/aromatic N) is 1. The van der Waals surface area contributed by atoms with Gasteiger partial charge in [0.05, 0.1) is 0 Å². The summed E-state index contributed by atoms with van der Waals surface area (Å²) in [5, 5.41) is 0. The van der Waals surface area contributed by atoms with Crippen molar-refractivity contribution in [1.29, 1.82) is 0 Å². The van der Waals surface area contributed by atoms with Crippen molar-refractivity contribution in [2.24, 2.45) is 5.73 Å². The van der Waals surface area contributed by atoms with E-state index in [1.54, 1.807) is 6.07 Å². The predicted molar refractivity (Wildman–Crippen MR) is 74.6 cm³/mol. The van der Waals surface area contributed by atoms with Crippen LogP contribution in [0, 0.1) is 6.92 Å². The maximum Gasteiger partial charge on any atom is 0.411 e. The predicted octanol–water partition coefficient (Wildman–Crippen LogP) is 3.02. The Morgan fingerprint density at radius 2 is 1.89 bits per heavy atom. The van der Waals surface area contributed by atoms with Gasteiger partial charge in [-0.15, -0.1) is 0 Å². The smallest absolute Gasteiger partial charge is 0.391 e. The van der Waals surface area contributed by atoms with Crippen LogP contribution in [0.25, 0.3) is 12.2 Å². The molecule has 2 rings (SSSR count). The van der Waals surface area contributed by atoms with E-state index in [1.807, 2.05) is 55.5 Å². The number of carbonyl (C=O) groups excluding carboxylic acids is 1. The molecule has 96 valence electrons. The third-order valence-corrected chi connectivity index (χ3v) is 2.56. The first-order chi connectivity index (χ1) is 9.15. The third-order valence-electron chi connectivity index (χ3n) is 2.56. The minimum atomic E-state index is -0.862. The van der Waals surface area contributed by atoms with Crippen molar-refractivity contribution >= 4 is 18.2 Å². The lowest BCUT2D eigenvalue weighted by molar-refractivity contribution is 0.209. The lowest BCUT2D eigenvalue weighted by Gasteiger charge is -2.03. The molecule has 0 aliphatic carbocycles. The molecule has 4 nitrogen and oxygen atoms in total. The quantitative estimate of drug-likeness (QED) is 0.915. The molecule has 2 N–H and O–H groups in total. The number of hydrogen-bond donors (Lipinski definition) is 1. The molecule has 4 heteroatoms. The standard InChI is InChI=1S/C15H14N2O2/c1-11-13(8-7-12-5-3-2-4-6-12)9-10-14(17-11)19-15(16)18/h2-10H,1H3,(H2,16,18). The highest BCUT2D eigenvalue weighted by molar-refractivity contribution is 5.71. The highest BCUT2D eigenvalue weighted by Crippen LogP contribution is 2.15. The fourth-order valence-corrected chi connectivity index (χ4v) is 1.63. The van der Waals surface area contributed by atoms with E-state index >= 15 is 0 Å². The summed E-state index contributed by atoms with van der Waals surface area (Å²) in [6, 6.07) is 13.4. The Bertz CT molecular complexity index is 607. The van der Waals surface area contributed by atoms with Gasteiger partial charge in [-0.3, -0.25) is 0 Å². The SMILES string of the molecule is Cc1nc(OC(N)=O)ccc1C=Cc1ccccc1. The first-order valence-electron chi connectivity index (χ1n) is 5.83. The topological polar surface area (TPSA) is 65.2 Å². The maximum absolute atomic E-state index is 10.6. The van der Waals surface area contributed by atoms with Gasteiger partial charge in [0.15, 0.2) is 0 Å². The highest BCUT2D eigenvalue weighted by Gasteiger charge is 2.02. The van der Waals surface area contributed by atoms with Gasteiger partial charge in [-0.1, -0.05) is 42.5 Å². The second-order valence-electron chi connectivity index (χ2n) is 3.99. The summed E-state index contributed by atoms with van der Waals surface area (Å²) in [4.78, 5) is 14.8. The van der Waals surface area contributed by atoms with E-state index in [4.69, 9.17) is 10.5 Å². The number of amides is 1. The van der Waals surface area contributed by atoms with Gasteiger partial charge in [-0.25, -0.2) is 9.78 Å². The molecule has 0 saturated heterocycles. The van der Waals surface area contributed by atoms with Crippen LogP contribution in [0.15, 0.2) is 42.5 Å². The van der Waals surface area contributed by atoms with Crippen LogP contribution in [0.1, 0.15) is 16.8 Å². The fourth-order valence-electron chi connectivity index (χ4n) is 1.63. The van der Waals surface area contributed by atoms with Crippen molar-refractivity contribution in [2.45, 2.75) is 6.92 Å². The number of nitrogens with two attached hydrogens (primary N) is 1. The molecule has 0 aliphatic rings. The molecular formula is C15H14N2O2. The van der Waals surface area contributed by atoms with Crippen molar-refractivity contribution in [3.63, 3.8) is 0 Å². The number of hydrogen-bond acceptors (Lipinski definition) is 3. The second-order valence-corrected chi connectivity index (χ2v) is 3.99. The molecule has 1 amide bonds. The van der Waals surface area contributed by atoms with Gasteiger partial charge in [-0.05, 0) is 24.1 Å². The summed E-state index contributed by atoms with van der Waals surface area (Å²) in [5.74, 6) is 0.210. The van der Waals surface area contributed by atoms with Crippen molar-refractivity contribution in [3.05, 3.63) is 59.3 Å². The Morgan fingerprint density at radius 3 is 2.53 bits per heavy atom. The fraction of sp³-hybridized carbons (Fsp3) is 0.0667. The van der Waals surface area contributed by atoms with Crippen LogP contribution >= 0.6 is 0 Å². The lowest BCUT2D eigenvalue weighted by Crippen LogP contribution is -2.17. The van der Waals surface area contributed by atoms with E-state index in [9.17, 15) is 4.79 Å². The van der Waals surface area contributed by atoms with E-state index < -0.39 is 6.09 Å². The van der Waals surface area contributed by atoms with Crippen LogP contribution in [-0.4, -0.2) is 11.1 Å². The van der Waals surface area contributed by atoms with Crippen LogP contribution in [-0.2, 0) is 0 Å². The molecule has 0 bridgehead atoms. The molecule has 0 aliphatic heterocycles. The van der Waals surface area contributed by atoms with Crippen LogP contribution in [0.5, 0.6) is 5.88 Å². The first-order valence-corrected chi connectivity index (χ1v) is 5.83. The molecule has 0 atom stereocenters. The van der Waals surface area contributed by atoms with Gasteiger partial charge in [0.1, 0.15) is 0 Å². The monoisotopic (exact) mass is 254 g/mol. The molecule has 1 aromatic carbocycles. The maximum atomic E-state index is 10.6. The van der Waals surface area contributed by atoms with Crippen molar-refractivity contribution < 1.29 is 9.53 Å². The summed E-state index contributed by atoms with van der Waals surface area (Å²) < 4.78 is 4.72. The summed E-state index contributed by atoms with van der Waals surface area (Å²) in [7, 11) is 0. The van der Waals surface area contributed by atoms with Gasteiger partial charge < -0.3 is 10.5 Å². The Hall–Kier alpha value is -2.62. The number of carbonyl (C=O) groups is 1. The molecule has 1 heterocycles. The first kappa shape index (κ1) is 12.8. The molecule has 0 unspecified atom stereocenters. The summed E-state index contributed by atoms with van der Waals surface area (Å²) in [6.07, 6.45) is 3.10. The van der Waals surface area contributed by atoms with Gasteiger partial charge >= 0.3 is 6.09 Å². The Morgan fingerprint density at radius 1 is 1.16 bits per heavy atom. The zero-order chi connectivity index (χ0) is 13.7. The largest absolute Gasteiger partial charge is 0.411 e. The number of pyridine rings is 1. The van der Waals surface area contributed by atoms with Gasteiger partial charge in [0.2, 0.25) is 5.88 Å². The Balaban J connectivity index is 2.18. The average molecular weight is 254 g/mol. The molecule has 1 aromatic heterocycles. The normalized spacial score (nSPS) is 10.6. The van der Waals surface area contributed by atoms with Gasteiger partial charge in [0, 0.05) is 11.8 Å². The summed E-state index contributed by atoms with van der Waals surface area (Å²) in [6.45, 7) is 1.85. The number of aryl methyl sites for hydroxylation is 1. The van der Waals surface area contributed by atoms with Crippen molar-refractivity contribution in [1.82, 2.24) is 4.98 Å². The van der Waals surface area contributed by atoms with Crippen LogP contribution in [0.3, 0.4) is 0 Å². The Labute approximate surface area is 111 Å². The average Bonchev–Trinajstić information content (AvgIpc) is 2.38. The van der Waals surface area contributed by atoms with Crippen LogP contribution in [0.4, 0.5) is 4.79 Å². The molecule has 0 radical (unpaired) electrons. The van der Waals surface area contributed by atoms with E-state index in [1.165, 1.54) is 0 Å². The lowest BCUT2D eigenvalue weighted by atomic mass is 10.1.